The van der Waals surface area contributed by atoms with Gasteiger partial charge in [0.1, 0.15) is 17.5 Å². The van der Waals surface area contributed by atoms with Gasteiger partial charge < -0.3 is 5.32 Å². The molecule has 0 saturated heterocycles. The Kier molecular flexibility index (Phi) is 5.47. The van der Waals surface area contributed by atoms with Crippen molar-refractivity contribution < 1.29 is 8.78 Å². The lowest BCUT2D eigenvalue weighted by molar-refractivity contribution is 0.586. The maximum Gasteiger partial charge on any atom is 0.261 e. The summed E-state index contributed by atoms with van der Waals surface area (Å²) < 4.78 is 30.3. The Balaban J connectivity index is 1.36. The quantitative estimate of drug-likeness (QED) is 0.380. The van der Waals surface area contributed by atoms with Crippen LogP contribution in [0.25, 0.3) is 16.7 Å². The van der Waals surface area contributed by atoms with Crippen LogP contribution in [0.15, 0.2) is 64.8 Å². The first-order valence-electron chi connectivity index (χ1n) is 10.0. The molecule has 5 rings (SSSR count). The zero-order chi connectivity index (χ0) is 22.9. The van der Waals surface area contributed by atoms with Gasteiger partial charge in [0, 0.05) is 30.1 Å². The Morgan fingerprint density at radius 3 is 2.79 bits per heavy atom. The Bertz CT molecular complexity index is 1550. The number of aromatic nitrogens is 6. The molecule has 0 bridgehead atoms. The van der Waals surface area contributed by atoms with Crippen molar-refractivity contribution in [1.82, 2.24) is 29.1 Å². The summed E-state index contributed by atoms with van der Waals surface area (Å²) in [7, 11) is 0. The van der Waals surface area contributed by atoms with E-state index in [1.165, 1.54) is 34.7 Å². The van der Waals surface area contributed by atoms with Crippen molar-refractivity contribution in [2.75, 3.05) is 11.1 Å². The third-order valence-corrected chi connectivity index (χ3v) is 5.73. The number of thioether (sulfide) groups is 1. The highest BCUT2D eigenvalue weighted by molar-refractivity contribution is 7.99. The molecule has 166 valence electrons. The number of nitrogens with one attached hydrogen (secondary N) is 1. The molecule has 8 nitrogen and oxygen atoms in total. The summed E-state index contributed by atoms with van der Waals surface area (Å²) in [5.41, 5.74) is 1.32. The van der Waals surface area contributed by atoms with E-state index in [-0.39, 0.29) is 11.2 Å². The molecular weight excluding hydrogens is 448 g/mol. The minimum Gasteiger partial charge on any atom is -0.338 e. The number of fused-ring (bicyclic) bond motifs is 2. The number of benzene rings is 2. The molecule has 2 aromatic carbocycles. The van der Waals surface area contributed by atoms with Crippen LogP contribution in [-0.4, -0.2) is 34.9 Å². The van der Waals surface area contributed by atoms with Crippen molar-refractivity contribution in [3.8, 4) is 0 Å². The summed E-state index contributed by atoms with van der Waals surface area (Å²) in [6.07, 6.45) is 1.53. The normalized spacial score (nSPS) is 11.4. The van der Waals surface area contributed by atoms with E-state index in [1.54, 1.807) is 29.7 Å². The van der Waals surface area contributed by atoms with Crippen LogP contribution >= 0.6 is 11.8 Å². The van der Waals surface area contributed by atoms with Gasteiger partial charge in [-0.05, 0) is 31.2 Å². The molecule has 0 fully saturated rings. The molecule has 3 aromatic heterocycles. The number of hydrogen-bond acceptors (Lipinski definition) is 7. The second-order valence-corrected chi connectivity index (χ2v) is 8.31. The van der Waals surface area contributed by atoms with Gasteiger partial charge >= 0.3 is 0 Å². The summed E-state index contributed by atoms with van der Waals surface area (Å²) in [6.45, 7) is 2.21. The molecule has 1 N–H and O–H groups in total. The Morgan fingerprint density at radius 1 is 1.09 bits per heavy atom. The molecular formula is C22H17F2N7OS. The molecule has 5 aromatic rings. The lowest BCUT2D eigenvalue weighted by atomic mass is 10.2. The van der Waals surface area contributed by atoms with Gasteiger partial charge in [0.2, 0.25) is 5.16 Å². The molecule has 0 atom stereocenters. The summed E-state index contributed by atoms with van der Waals surface area (Å²) in [5.74, 6) is -0.0640. The van der Waals surface area contributed by atoms with Gasteiger partial charge in [-0.3, -0.25) is 9.36 Å². The highest BCUT2D eigenvalue weighted by Crippen LogP contribution is 2.23. The van der Waals surface area contributed by atoms with E-state index >= 15 is 0 Å². The number of rotatable bonds is 6. The van der Waals surface area contributed by atoms with Crippen molar-refractivity contribution in [3.63, 3.8) is 0 Å². The average Bonchev–Trinajstić information content (AvgIpc) is 3.20. The maximum atomic E-state index is 14.1. The third kappa shape index (κ3) is 4.27. The van der Waals surface area contributed by atoms with Crippen molar-refractivity contribution >= 4 is 39.9 Å². The smallest absolute Gasteiger partial charge is 0.261 e. The fourth-order valence-corrected chi connectivity index (χ4v) is 4.10. The van der Waals surface area contributed by atoms with Crippen LogP contribution in [-0.2, 0) is 6.54 Å². The Labute approximate surface area is 190 Å². The Morgan fingerprint density at radius 2 is 1.94 bits per heavy atom. The van der Waals surface area contributed by atoms with Crippen LogP contribution in [0.2, 0.25) is 0 Å². The molecule has 11 heteroatoms. The summed E-state index contributed by atoms with van der Waals surface area (Å²) in [5, 5.41) is 8.39. The standard InChI is InChI=1S/C22H17F2N7OS/c1-13-10-19(27-18-7-6-14(23)11-16(18)24)31-21(26-13)28-22(29-31)33-9-8-30-12-25-17-5-3-2-4-15(17)20(30)32/h2-7,10-12,27H,8-9H2,1H3. The van der Waals surface area contributed by atoms with Gasteiger partial charge in [-0.1, -0.05) is 23.9 Å². The molecule has 0 spiro atoms. The van der Waals surface area contributed by atoms with Gasteiger partial charge in [0.25, 0.3) is 11.3 Å². The van der Waals surface area contributed by atoms with Crippen LogP contribution in [0.3, 0.4) is 0 Å². The average molecular weight is 465 g/mol. The fourth-order valence-electron chi connectivity index (χ4n) is 3.35. The Hall–Kier alpha value is -3.86. The maximum absolute atomic E-state index is 14.1. The number of anilines is 2. The van der Waals surface area contributed by atoms with Crippen molar-refractivity contribution in [2.24, 2.45) is 0 Å². The number of para-hydroxylation sites is 1. The fraction of sp³-hybridized carbons (Fsp3) is 0.136. The number of nitrogens with zero attached hydrogens (tertiary/aromatic N) is 6. The van der Waals surface area contributed by atoms with E-state index in [4.69, 9.17) is 0 Å². The largest absolute Gasteiger partial charge is 0.338 e. The molecule has 0 aliphatic carbocycles. The molecule has 33 heavy (non-hydrogen) atoms. The first-order valence-corrected chi connectivity index (χ1v) is 11.0. The topological polar surface area (TPSA) is 90.0 Å². The number of hydrogen-bond donors (Lipinski definition) is 1. The summed E-state index contributed by atoms with van der Waals surface area (Å²) >= 11 is 1.36. The van der Waals surface area contributed by atoms with Crippen LogP contribution < -0.4 is 10.9 Å². The molecule has 0 aliphatic heterocycles. The van der Waals surface area contributed by atoms with E-state index in [0.717, 1.165) is 6.07 Å². The SMILES string of the molecule is Cc1cc(Nc2ccc(F)cc2F)n2nc(SCCn3cnc4ccccc4c3=O)nc2n1. The highest BCUT2D eigenvalue weighted by Gasteiger charge is 2.13. The van der Waals surface area contributed by atoms with E-state index in [0.29, 0.717) is 45.6 Å². The predicted molar refractivity (Wildman–Crippen MR) is 122 cm³/mol. The predicted octanol–water partition coefficient (Wildman–Crippen LogP) is 3.96. The van der Waals surface area contributed by atoms with E-state index in [1.807, 2.05) is 12.1 Å². The third-order valence-electron chi connectivity index (χ3n) is 4.91. The van der Waals surface area contributed by atoms with Crippen molar-refractivity contribution in [2.45, 2.75) is 18.6 Å². The van der Waals surface area contributed by atoms with E-state index in [9.17, 15) is 13.6 Å². The van der Waals surface area contributed by atoms with Gasteiger partial charge in [0.05, 0.1) is 22.9 Å². The molecule has 0 radical (unpaired) electrons. The molecule has 0 unspecified atom stereocenters. The minimum atomic E-state index is -0.721. The van der Waals surface area contributed by atoms with Crippen molar-refractivity contribution in [3.05, 3.63) is 82.5 Å². The van der Waals surface area contributed by atoms with Gasteiger partial charge in [-0.25, -0.2) is 18.7 Å². The first-order chi connectivity index (χ1) is 16.0. The van der Waals surface area contributed by atoms with Crippen molar-refractivity contribution in [1.29, 1.82) is 0 Å². The second kappa shape index (κ2) is 8.58. The summed E-state index contributed by atoms with van der Waals surface area (Å²) in [4.78, 5) is 25.7. The van der Waals surface area contributed by atoms with E-state index in [2.05, 4.69) is 25.4 Å². The zero-order valence-corrected chi connectivity index (χ0v) is 18.2. The number of halogens is 2. The van der Waals surface area contributed by atoms with E-state index < -0.39 is 11.6 Å². The monoisotopic (exact) mass is 465 g/mol. The lowest BCUT2D eigenvalue weighted by Gasteiger charge is -2.09. The van der Waals surface area contributed by atoms with Crippen LogP contribution in [0.1, 0.15) is 5.69 Å². The molecule has 0 amide bonds. The highest BCUT2D eigenvalue weighted by atomic mass is 32.2. The number of aryl methyl sites for hydroxylation is 2. The van der Waals surface area contributed by atoms with Gasteiger partial charge in [0.15, 0.2) is 0 Å². The summed E-state index contributed by atoms with van der Waals surface area (Å²) in [6, 6.07) is 12.2. The molecule has 0 aliphatic rings. The molecule has 3 heterocycles. The van der Waals surface area contributed by atoms with Gasteiger partial charge in [-0.2, -0.15) is 9.50 Å². The zero-order valence-electron chi connectivity index (χ0n) is 17.4. The van der Waals surface area contributed by atoms with Gasteiger partial charge in [-0.15, -0.1) is 5.10 Å². The van der Waals surface area contributed by atoms with Crippen LogP contribution in [0.4, 0.5) is 20.3 Å². The molecule has 0 saturated carbocycles. The second-order valence-electron chi connectivity index (χ2n) is 7.25. The van der Waals surface area contributed by atoms with Crippen LogP contribution in [0, 0.1) is 18.6 Å². The first kappa shape index (κ1) is 21.0. The lowest BCUT2D eigenvalue weighted by Crippen LogP contribution is -2.21. The minimum absolute atomic E-state index is 0.103. The van der Waals surface area contributed by atoms with Crippen LogP contribution in [0.5, 0.6) is 0 Å².